The van der Waals surface area contributed by atoms with Gasteiger partial charge < -0.3 is 10.1 Å². The maximum atomic E-state index is 12.1. The largest absolute Gasteiger partial charge is 0.506 e. The highest BCUT2D eigenvalue weighted by atomic mass is 79.9. The van der Waals surface area contributed by atoms with Gasteiger partial charge in [0.05, 0.1) is 16.3 Å². The lowest BCUT2D eigenvalue weighted by molar-refractivity contribution is 0.0952. The number of hydrogen-bond donors (Lipinski definition) is 3. The summed E-state index contributed by atoms with van der Waals surface area (Å²) in [5, 5.41) is 14.9. The van der Waals surface area contributed by atoms with E-state index in [9.17, 15) is 9.90 Å². The molecule has 0 saturated heterocycles. The zero-order valence-corrected chi connectivity index (χ0v) is 14.8. The lowest BCUT2D eigenvalue weighted by atomic mass is 10.2. The fourth-order valence-electron chi connectivity index (χ4n) is 2.16. The van der Waals surface area contributed by atoms with E-state index in [1.54, 1.807) is 12.3 Å². The highest BCUT2D eigenvalue weighted by Crippen LogP contribution is 2.31. The molecular formula is C16H11Br2N3O2. The number of phenolic OH excluding ortho intramolecular Hbond substituents is 1. The molecule has 3 N–H and O–H groups in total. The van der Waals surface area contributed by atoms with Crippen LogP contribution < -0.4 is 5.43 Å². The van der Waals surface area contributed by atoms with Gasteiger partial charge in [0.2, 0.25) is 0 Å². The van der Waals surface area contributed by atoms with Crippen molar-refractivity contribution in [3.63, 3.8) is 0 Å². The molecule has 1 heterocycles. The Morgan fingerprint density at radius 2 is 2.04 bits per heavy atom. The summed E-state index contributed by atoms with van der Waals surface area (Å²) in [6.45, 7) is 0. The van der Waals surface area contributed by atoms with Crippen molar-refractivity contribution >= 4 is 54.9 Å². The Kier molecular flexibility index (Phi) is 4.49. The molecule has 0 unspecified atom stereocenters. The van der Waals surface area contributed by atoms with Crippen LogP contribution in [0.15, 0.2) is 56.6 Å². The Balaban J connectivity index is 1.79. The molecule has 3 aromatic rings. The number of fused-ring (bicyclic) bond motifs is 1. The molecule has 5 nitrogen and oxygen atoms in total. The first-order valence-electron chi connectivity index (χ1n) is 6.64. The van der Waals surface area contributed by atoms with Crippen LogP contribution in [0.4, 0.5) is 0 Å². The van der Waals surface area contributed by atoms with Crippen LogP contribution in [0.2, 0.25) is 0 Å². The molecule has 0 fully saturated rings. The van der Waals surface area contributed by atoms with Gasteiger partial charge in [0.25, 0.3) is 5.91 Å². The number of hydrogen-bond acceptors (Lipinski definition) is 3. The topological polar surface area (TPSA) is 77.5 Å². The third kappa shape index (κ3) is 3.30. The number of halogens is 2. The van der Waals surface area contributed by atoms with Crippen LogP contribution in [0.5, 0.6) is 5.75 Å². The van der Waals surface area contributed by atoms with Crippen LogP contribution in [0, 0.1) is 0 Å². The van der Waals surface area contributed by atoms with E-state index in [0.717, 1.165) is 16.5 Å². The number of nitrogens with zero attached hydrogens (tertiary/aromatic N) is 1. The number of H-pyrrole nitrogens is 1. The van der Waals surface area contributed by atoms with E-state index >= 15 is 0 Å². The number of nitrogens with one attached hydrogen (secondary N) is 2. The number of aromatic nitrogens is 1. The number of hydrazone groups is 1. The van der Waals surface area contributed by atoms with E-state index < -0.39 is 5.91 Å². The van der Waals surface area contributed by atoms with Gasteiger partial charge in [-0.05, 0) is 34.1 Å². The Morgan fingerprint density at radius 3 is 2.87 bits per heavy atom. The second-order valence-electron chi connectivity index (χ2n) is 4.77. The van der Waals surface area contributed by atoms with E-state index in [4.69, 9.17) is 0 Å². The predicted octanol–water partition coefficient (Wildman–Crippen LogP) is 4.16. The molecule has 0 aliphatic heterocycles. The smallest absolute Gasteiger partial charge is 0.275 e. The summed E-state index contributed by atoms with van der Waals surface area (Å²) in [6, 6.07) is 11.0. The van der Waals surface area contributed by atoms with Gasteiger partial charge in [-0.25, -0.2) is 5.43 Å². The van der Waals surface area contributed by atoms with Crippen LogP contribution in [0.25, 0.3) is 10.9 Å². The van der Waals surface area contributed by atoms with Crippen LogP contribution in [-0.4, -0.2) is 22.2 Å². The molecule has 0 radical (unpaired) electrons. The molecule has 0 bridgehead atoms. The summed E-state index contributed by atoms with van der Waals surface area (Å²) in [7, 11) is 0. The van der Waals surface area contributed by atoms with Gasteiger partial charge in [-0.1, -0.05) is 34.1 Å². The molecule has 3 rings (SSSR count). The summed E-state index contributed by atoms with van der Waals surface area (Å²) in [4.78, 5) is 15.3. The van der Waals surface area contributed by atoms with Gasteiger partial charge >= 0.3 is 0 Å². The molecule has 0 saturated carbocycles. The van der Waals surface area contributed by atoms with Crippen molar-refractivity contribution < 1.29 is 9.90 Å². The standard InChI is InChI=1S/C16H11Br2N3O2/c17-10-5-12(15(22)13(18)6-10)16(23)21-20-8-9-7-19-14-4-2-1-3-11(9)14/h1-8,19,22H,(H,21,23)/b20-8+. The third-order valence-electron chi connectivity index (χ3n) is 3.26. The normalized spacial score (nSPS) is 11.2. The Hall–Kier alpha value is -2.12. The number of aromatic amines is 1. The minimum absolute atomic E-state index is 0.127. The zero-order chi connectivity index (χ0) is 16.4. The van der Waals surface area contributed by atoms with Crippen molar-refractivity contribution in [3.8, 4) is 5.75 Å². The second-order valence-corrected chi connectivity index (χ2v) is 6.54. The Labute approximate surface area is 148 Å². The molecule has 1 amide bonds. The van der Waals surface area contributed by atoms with Gasteiger partial charge in [0.1, 0.15) is 5.75 Å². The van der Waals surface area contributed by atoms with E-state index in [-0.39, 0.29) is 11.3 Å². The molecule has 23 heavy (non-hydrogen) atoms. The number of para-hydroxylation sites is 1. The minimum atomic E-state index is -0.499. The molecule has 116 valence electrons. The highest BCUT2D eigenvalue weighted by molar-refractivity contribution is 9.11. The van der Waals surface area contributed by atoms with Crippen molar-refractivity contribution in [2.45, 2.75) is 0 Å². The van der Waals surface area contributed by atoms with Crippen molar-refractivity contribution in [2.75, 3.05) is 0 Å². The van der Waals surface area contributed by atoms with Crippen molar-refractivity contribution in [1.29, 1.82) is 0 Å². The van der Waals surface area contributed by atoms with Gasteiger partial charge in [0, 0.05) is 27.1 Å². The molecule has 1 aromatic heterocycles. The lowest BCUT2D eigenvalue weighted by Crippen LogP contribution is -2.17. The average molecular weight is 437 g/mol. The zero-order valence-electron chi connectivity index (χ0n) is 11.7. The van der Waals surface area contributed by atoms with Crippen LogP contribution in [0.1, 0.15) is 15.9 Å². The molecule has 0 spiro atoms. The van der Waals surface area contributed by atoms with Crippen LogP contribution in [0.3, 0.4) is 0 Å². The number of phenols is 1. The van der Waals surface area contributed by atoms with E-state index in [2.05, 4.69) is 47.4 Å². The summed E-state index contributed by atoms with van der Waals surface area (Å²) >= 11 is 6.47. The first-order valence-corrected chi connectivity index (χ1v) is 8.22. The fourth-order valence-corrected chi connectivity index (χ4v) is 3.39. The maximum absolute atomic E-state index is 12.1. The molecule has 7 heteroatoms. The van der Waals surface area contributed by atoms with Gasteiger partial charge in [0.15, 0.2) is 0 Å². The maximum Gasteiger partial charge on any atom is 0.275 e. The predicted molar refractivity (Wildman–Crippen MR) is 96.9 cm³/mol. The van der Waals surface area contributed by atoms with Crippen LogP contribution >= 0.6 is 31.9 Å². The number of aromatic hydroxyl groups is 1. The number of carbonyl (C=O) groups excluding carboxylic acids is 1. The fraction of sp³-hybridized carbons (Fsp3) is 0. The van der Waals surface area contributed by atoms with Gasteiger partial charge in [-0.2, -0.15) is 5.10 Å². The molecule has 0 aliphatic rings. The van der Waals surface area contributed by atoms with Gasteiger partial charge in [-0.3, -0.25) is 4.79 Å². The Morgan fingerprint density at radius 1 is 1.26 bits per heavy atom. The number of carbonyl (C=O) groups is 1. The molecule has 2 aromatic carbocycles. The molecule has 0 aliphatic carbocycles. The molecular weight excluding hydrogens is 426 g/mol. The first kappa shape index (κ1) is 15.8. The quantitative estimate of drug-likeness (QED) is 0.425. The minimum Gasteiger partial charge on any atom is -0.506 e. The van der Waals surface area contributed by atoms with Crippen molar-refractivity contribution in [1.82, 2.24) is 10.4 Å². The monoisotopic (exact) mass is 435 g/mol. The summed E-state index contributed by atoms with van der Waals surface area (Å²) in [5.74, 6) is -0.631. The SMILES string of the molecule is O=C(N/N=C/c1c[nH]c2ccccc12)c1cc(Br)cc(Br)c1O. The summed E-state index contributed by atoms with van der Waals surface area (Å²) < 4.78 is 1.10. The van der Waals surface area contributed by atoms with Crippen LogP contribution in [-0.2, 0) is 0 Å². The third-order valence-corrected chi connectivity index (χ3v) is 4.33. The highest BCUT2D eigenvalue weighted by Gasteiger charge is 2.14. The number of amides is 1. The summed E-state index contributed by atoms with van der Waals surface area (Å²) in [5.41, 5.74) is 4.40. The summed E-state index contributed by atoms with van der Waals surface area (Å²) in [6.07, 6.45) is 3.37. The second kappa shape index (κ2) is 6.55. The van der Waals surface area contributed by atoms with Crippen molar-refractivity contribution in [2.24, 2.45) is 5.10 Å². The van der Waals surface area contributed by atoms with E-state index in [1.807, 2.05) is 30.5 Å². The number of rotatable bonds is 3. The van der Waals surface area contributed by atoms with E-state index in [1.165, 1.54) is 6.07 Å². The molecule has 0 atom stereocenters. The van der Waals surface area contributed by atoms with Gasteiger partial charge in [-0.15, -0.1) is 0 Å². The van der Waals surface area contributed by atoms with E-state index in [0.29, 0.717) is 8.95 Å². The Bertz CT molecular complexity index is 919. The number of benzene rings is 2. The average Bonchev–Trinajstić information content (AvgIpc) is 2.94. The lowest BCUT2D eigenvalue weighted by Gasteiger charge is -2.05. The van der Waals surface area contributed by atoms with Crippen molar-refractivity contribution in [3.05, 3.63) is 62.7 Å². The first-order chi connectivity index (χ1) is 11.1.